The number of carbonyl (C=O) groups excluding carboxylic acids is 2. The Hall–Kier alpha value is -2.03. The van der Waals surface area contributed by atoms with Crippen LogP contribution in [0, 0.1) is 5.82 Å². The number of urea groups is 1. The third-order valence-corrected chi connectivity index (χ3v) is 4.69. The number of para-hydroxylation sites is 1. The number of anilines is 1. The van der Waals surface area contributed by atoms with Crippen molar-refractivity contribution in [1.82, 2.24) is 15.1 Å². The van der Waals surface area contributed by atoms with Crippen molar-refractivity contribution < 1.29 is 18.7 Å². The lowest BCUT2D eigenvalue weighted by molar-refractivity contribution is -0.121. The molecule has 0 aliphatic carbocycles. The first-order chi connectivity index (χ1) is 12.6. The van der Waals surface area contributed by atoms with E-state index >= 15 is 0 Å². The quantitative estimate of drug-likeness (QED) is 0.823. The summed E-state index contributed by atoms with van der Waals surface area (Å²) in [5.41, 5.74) is 0.0422. The third kappa shape index (κ3) is 5.48. The van der Waals surface area contributed by atoms with Crippen LogP contribution in [0.15, 0.2) is 24.3 Å². The minimum absolute atomic E-state index is 0.0422. The van der Waals surface area contributed by atoms with Gasteiger partial charge in [0.25, 0.3) is 0 Å². The molecule has 3 amide bonds. The Morgan fingerprint density at radius 1 is 1.15 bits per heavy atom. The van der Waals surface area contributed by atoms with E-state index in [1.165, 1.54) is 18.2 Å². The molecule has 2 N–H and O–H groups in total. The van der Waals surface area contributed by atoms with Crippen LogP contribution < -0.4 is 10.6 Å². The molecule has 3 rings (SSSR count). The van der Waals surface area contributed by atoms with Gasteiger partial charge in [0.1, 0.15) is 5.82 Å². The Bertz CT molecular complexity index is 629. The minimum atomic E-state index is -0.725. The minimum Gasteiger partial charge on any atom is -0.377 e. The average molecular weight is 364 g/mol. The molecule has 142 valence electrons. The highest BCUT2D eigenvalue weighted by Crippen LogP contribution is 2.14. The second-order valence-corrected chi connectivity index (χ2v) is 6.69. The number of carbonyl (C=O) groups is 2. The number of halogens is 1. The Morgan fingerprint density at radius 2 is 1.88 bits per heavy atom. The summed E-state index contributed by atoms with van der Waals surface area (Å²) >= 11 is 0. The molecule has 1 aromatic carbocycles. The maximum Gasteiger partial charge on any atom is 0.326 e. The number of imide groups is 1. The van der Waals surface area contributed by atoms with Crippen molar-refractivity contribution in [3.63, 3.8) is 0 Å². The topological polar surface area (TPSA) is 73.9 Å². The molecule has 2 aliphatic heterocycles. The van der Waals surface area contributed by atoms with E-state index in [-0.39, 0.29) is 12.2 Å². The van der Waals surface area contributed by atoms with E-state index in [9.17, 15) is 14.0 Å². The lowest BCUT2D eigenvalue weighted by atomic mass is 10.2. The van der Waals surface area contributed by atoms with E-state index in [0.29, 0.717) is 6.10 Å². The number of rotatable bonds is 5. The van der Waals surface area contributed by atoms with E-state index in [1.807, 2.05) is 4.90 Å². The smallest absolute Gasteiger partial charge is 0.326 e. The van der Waals surface area contributed by atoms with Crippen LogP contribution >= 0.6 is 0 Å². The molecule has 0 spiro atoms. The highest BCUT2D eigenvalue weighted by molar-refractivity contribution is 6.01. The Balaban J connectivity index is 1.36. The molecule has 1 atom stereocenters. The molecular formula is C18H25FN4O3. The molecule has 2 fully saturated rings. The molecule has 1 aromatic rings. The van der Waals surface area contributed by atoms with Crippen LogP contribution in [0.25, 0.3) is 0 Å². The van der Waals surface area contributed by atoms with E-state index < -0.39 is 17.8 Å². The molecule has 2 heterocycles. The first-order valence-corrected chi connectivity index (χ1v) is 9.02. The maximum atomic E-state index is 13.5. The fourth-order valence-electron chi connectivity index (χ4n) is 3.29. The van der Waals surface area contributed by atoms with Crippen molar-refractivity contribution in [2.45, 2.75) is 18.9 Å². The van der Waals surface area contributed by atoms with E-state index in [0.717, 1.165) is 52.2 Å². The predicted octanol–water partition coefficient (Wildman–Crippen LogP) is 1.27. The average Bonchev–Trinajstić information content (AvgIpc) is 3.11. The van der Waals surface area contributed by atoms with Gasteiger partial charge in [0.2, 0.25) is 5.91 Å². The summed E-state index contributed by atoms with van der Waals surface area (Å²) in [7, 11) is 0. The number of nitrogens with zero attached hydrogens (tertiary/aromatic N) is 2. The number of benzene rings is 1. The molecule has 7 nitrogen and oxygen atoms in total. The van der Waals surface area contributed by atoms with E-state index in [1.54, 1.807) is 6.07 Å². The van der Waals surface area contributed by atoms with Gasteiger partial charge in [-0.05, 0) is 25.0 Å². The van der Waals surface area contributed by atoms with Crippen LogP contribution in [0.4, 0.5) is 14.9 Å². The number of nitrogens with one attached hydrogen (secondary N) is 2. The zero-order valence-electron chi connectivity index (χ0n) is 14.7. The standard InChI is InChI=1S/C18H25FN4O3/c19-15-5-1-2-6-16(15)20-18(25)21-17(24)13-23-9-7-22(8-10-23)12-14-4-3-11-26-14/h1-2,5-6,14H,3-4,7-13H2,(H2,20,21,24,25)/t14-/m0/s1. The van der Waals surface area contributed by atoms with Crippen LogP contribution in [-0.4, -0.2) is 73.7 Å². The molecule has 0 bridgehead atoms. The molecule has 26 heavy (non-hydrogen) atoms. The molecule has 8 heteroatoms. The molecular weight excluding hydrogens is 339 g/mol. The highest BCUT2D eigenvalue weighted by Gasteiger charge is 2.24. The van der Waals surface area contributed by atoms with Gasteiger partial charge in [-0.15, -0.1) is 0 Å². The number of hydrogen-bond acceptors (Lipinski definition) is 5. The van der Waals surface area contributed by atoms with Gasteiger partial charge < -0.3 is 10.1 Å². The van der Waals surface area contributed by atoms with Gasteiger partial charge in [0.15, 0.2) is 0 Å². The summed E-state index contributed by atoms with van der Waals surface area (Å²) in [5.74, 6) is -0.941. The second kappa shape index (κ2) is 9.07. The molecule has 2 aliphatic rings. The summed E-state index contributed by atoms with van der Waals surface area (Å²) in [6.07, 6.45) is 2.60. The third-order valence-electron chi connectivity index (χ3n) is 4.69. The molecule has 0 radical (unpaired) electrons. The summed E-state index contributed by atoms with van der Waals surface area (Å²) < 4.78 is 19.2. The van der Waals surface area contributed by atoms with Gasteiger partial charge in [-0.3, -0.25) is 19.9 Å². The number of ether oxygens (including phenoxy) is 1. The Labute approximate surface area is 152 Å². The monoisotopic (exact) mass is 364 g/mol. The zero-order chi connectivity index (χ0) is 18.4. The zero-order valence-corrected chi connectivity index (χ0v) is 14.7. The fraction of sp³-hybridized carbons (Fsp3) is 0.556. The molecule has 0 aromatic heterocycles. The van der Waals surface area contributed by atoms with Crippen LogP contribution in [0.1, 0.15) is 12.8 Å². The highest BCUT2D eigenvalue weighted by atomic mass is 19.1. The van der Waals surface area contributed by atoms with Crippen LogP contribution in [0.5, 0.6) is 0 Å². The number of hydrogen-bond donors (Lipinski definition) is 2. The summed E-state index contributed by atoms with van der Waals surface area (Å²) in [6.45, 7) is 5.27. The molecule has 0 unspecified atom stereocenters. The van der Waals surface area contributed by atoms with Gasteiger partial charge in [-0.1, -0.05) is 12.1 Å². The van der Waals surface area contributed by atoms with Crippen LogP contribution in [0.3, 0.4) is 0 Å². The van der Waals surface area contributed by atoms with Crippen molar-refractivity contribution in [2.24, 2.45) is 0 Å². The largest absolute Gasteiger partial charge is 0.377 e. The van der Waals surface area contributed by atoms with Crippen molar-refractivity contribution in [2.75, 3.05) is 51.2 Å². The van der Waals surface area contributed by atoms with Crippen molar-refractivity contribution >= 4 is 17.6 Å². The van der Waals surface area contributed by atoms with E-state index in [4.69, 9.17) is 4.74 Å². The van der Waals surface area contributed by atoms with Crippen molar-refractivity contribution in [1.29, 1.82) is 0 Å². The SMILES string of the molecule is O=C(CN1CCN(C[C@@H]2CCCO2)CC1)NC(=O)Nc1ccccc1F. The van der Waals surface area contributed by atoms with Gasteiger partial charge in [0, 0.05) is 39.3 Å². The fourth-order valence-corrected chi connectivity index (χ4v) is 3.29. The van der Waals surface area contributed by atoms with Crippen LogP contribution in [0.2, 0.25) is 0 Å². The predicted molar refractivity (Wildman–Crippen MR) is 95.4 cm³/mol. The molecule has 0 saturated carbocycles. The van der Waals surface area contributed by atoms with Gasteiger partial charge in [-0.25, -0.2) is 9.18 Å². The van der Waals surface area contributed by atoms with Gasteiger partial charge in [-0.2, -0.15) is 0 Å². The van der Waals surface area contributed by atoms with Crippen molar-refractivity contribution in [3.8, 4) is 0 Å². The maximum absolute atomic E-state index is 13.5. The number of piperazine rings is 1. The summed E-state index contributed by atoms with van der Waals surface area (Å²) in [6, 6.07) is 5.09. The Morgan fingerprint density at radius 3 is 2.58 bits per heavy atom. The lowest BCUT2D eigenvalue weighted by Crippen LogP contribution is -2.51. The number of amides is 3. The first kappa shape index (κ1) is 18.8. The summed E-state index contributed by atoms with van der Waals surface area (Å²) in [4.78, 5) is 28.2. The lowest BCUT2D eigenvalue weighted by Gasteiger charge is -2.35. The molecule has 2 saturated heterocycles. The van der Waals surface area contributed by atoms with Crippen LogP contribution in [-0.2, 0) is 9.53 Å². The summed E-state index contributed by atoms with van der Waals surface area (Å²) in [5, 5.41) is 4.58. The second-order valence-electron chi connectivity index (χ2n) is 6.69. The van der Waals surface area contributed by atoms with Gasteiger partial charge >= 0.3 is 6.03 Å². The first-order valence-electron chi connectivity index (χ1n) is 9.02. The van der Waals surface area contributed by atoms with Gasteiger partial charge in [0.05, 0.1) is 18.3 Å². The normalized spacial score (nSPS) is 21.5. The van der Waals surface area contributed by atoms with E-state index in [2.05, 4.69) is 15.5 Å². The Kier molecular flexibility index (Phi) is 6.54. The van der Waals surface area contributed by atoms with Crippen molar-refractivity contribution in [3.05, 3.63) is 30.1 Å².